The van der Waals surface area contributed by atoms with Gasteiger partial charge < -0.3 is 4.74 Å². The molecule has 0 aliphatic carbocycles. The fourth-order valence-electron chi connectivity index (χ4n) is 0.763. The van der Waals surface area contributed by atoms with Crippen molar-refractivity contribution in [1.29, 1.82) is 0 Å². The van der Waals surface area contributed by atoms with Gasteiger partial charge in [-0.05, 0) is 12.8 Å². The second kappa shape index (κ2) is 5.58. The summed E-state index contributed by atoms with van der Waals surface area (Å²) in [4.78, 5) is 11.2. The number of carbonyl (C=O) groups is 1. The number of ether oxygens (including phenoxy) is 1. The van der Waals surface area contributed by atoms with Gasteiger partial charge in [0.2, 0.25) is 0 Å². The van der Waals surface area contributed by atoms with Crippen LogP contribution in [0, 0.1) is 11.8 Å². The molecule has 0 rings (SSSR count). The summed E-state index contributed by atoms with van der Waals surface area (Å²) >= 11 is 3.29. The molecule has 0 radical (unpaired) electrons. The summed E-state index contributed by atoms with van der Waals surface area (Å²) in [6, 6.07) is 0. The van der Waals surface area contributed by atoms with Crippen molar-refractivity contribution >= 4 is 21.9 Å². The lowest BCUT2D eigenvalue weighted by molar-refractivity contribution is -0.148. The van der Waals surface area contributed by atoms with E-state index in [1.807, 2.05) is 20.8 Å². The van der Waals surface area contributed by atoms with Gasteiger partial charge in [0.1, 0.15) is 0 Å². The van der Waals surface area contributed by atoms with Gasteiger partial charge in [0, 0.05) is 5.33 Å². The average molecular weight is 223 g/mol. The van der Waals surface area contributed by atoms with Crippen molar-refractivity contribution in [2.24, 2.45) is 11.8 Å². The van der Waals surface area contributed by atoms with Crippen LogP contribution in [0.25, 0.3) is 0 Å². The Morgan fingerprint density at radius 2 is 2.09 bits per heavy atom. The van der Waals surface area contributed by atoms with E-state index in [0.29, 0.717) is 17.9 Å². The average Bonchev–Trinajstić information content (AvgIpc) is 1.88. The summed E-state index contributed by atoms with van der Waals surface area (Å²) < 4.78 is 4.89. The van der Waals surface area contributed by atoms with Crippen LogP contribution in [-0.2, 0) is 9.53 Å². The zero-order valence-corrected chi connectivity index (χ0v) is 8.85. The van der Waals surface area contributed by atoms with Crippen LogP contribution in [0.5, 0.6) is 0 Å². The van der Waals surface area contributed by atoms with Crippen LogP contribution in [0.1, 0.15) is 20.8 Å². The highest BCUT2D eigenvalue weighted by Crippen LogP contribution is 2.15. The molecule has 1 unspecified atom stereocenters. The number of alkyl halides is 1. The first-order valence-electron chi connectivity index (χ1n) is 3.86. The van der Waals surface area contributed by atoms with E-state index in [1.54, 1.807) is 0 Å². The molecule has 0 saturated carbocycles. The van der Waals surface area contributed by atoms with E-state index < -0.39 is 0 Å². The van der Waals surface area contributed by atoms with Crippen LogP contribution in [0.4, 0.5) is 0 Å². The van der Waals surface area contributed by atoms with E-state index in [0.717, 1.165) is 0 Å². The van der Waals surface area contributed by atoms with Crippen molar-refractivity contribution in [3.8, 4) is 0 Å². The standard InChI is InChI=1S/C8H15BrO2/c1-4-11-8(10)7(5-9)6(2)3/h6-7H,4-5H2,1-3H3. The minimum absolute atomic E-state index is 0.00468. The SMILES string of the molecule is CCOC(=O)C(CBr)C(C)C. The van der Waals surface area contributed by atoms with Gasteiger partial charge >= 0.3 is 5.97 Å². The zero-order chi connectivity index (χ0) is 8.85. The van der Waals surface area contributed by atoms with Crippen molar-refractivity contribution in [2.75, 3.05) is 11.9 Å². The first-order chi connectivity index (χ1) is 5.13. The van der Waals surface area contributed by atoms with Crippen molar-refractivity contribution in [3.05, 3.63) is 0 Å². The Labute approximate surface area is 76.4 Å². The smallest absolute Gasteiger partial charge is 0.310 e. The van der Waals surface area contributed by atoms with E-state index in [4.69, 9.17) is 4.74 Å². The molecule has 0 amide bonds. The number of hydrogen-bond acceptors (Lipinski definition) is 2. The van der Waals surface area contributed by atoms with Gasteiger partial charge in [-0.25, -0.2) is 0 Å². The second-order valence-corrected chi connectivity index (χ2v) is 3.40. The van der Waals surface area contributed by atoms with Crippen LogP contribution in [-0.4, -0.2) is 17.9 Å². The third kappa shape index (κ3) is 3.75. The summed E-state index contributed by atoms with van der Waals surface area (Å²) in [5, 5.41) is 0.684. The van der Waals surface area contributed by atoms with E-state index in [9.17, 15) is 4.79 Å². The Kier molecular flexibility index (Phi) is 5.56. The molecule has 0 aliphatic rings. The van der Waals surface area contributed by atoms with Crippen molar-refractivity contribution < 1.29 is 9.53 Å². The molecule has 0 saturated heterocycles. The zero-order valence-electron chi connectivity index (χ0n) is 7.26. The van der Waals surface area contributed by atoms with Crippen molar-refractivity contribution in [1.82, 2.24) is 0 Å². The third-order valence-corrected chi connectivity index (χ3v) is 2.26. The summed E-state index contributed by atoms with van der Waals surface area (Å²) in [6.45, 7) is 6.32. The van der Waals surface area contributed by atoms with Gasteiger partial charge in [-0.15, -0.1) is 0 Å². The van der Waals surface area contributed by atoms with E-state index in [1.165, 1.54) is 0 Å². The molecule has 0 fully saturated rings. The van der Waals surface area contributed by atoms with E-state index >= 15 is 0 Å². The Hall–Kier alpha value is -0.0500. The molecule has 0 spiro atoms. The second-order valence-electron chi connectivity index (χ2n) is 2.76. The number of esters is 1. The molecule has 0 aromatic rings. The number of halogens is 1. The van der Waals surface area contributed by atoms with E-state index in [2.05, 4.69) is 15.9 Å². The summed E-state index contributed by atoms with van der Waals surface area (Å²) in [7, 11) is 0. The van der Waals surface area contributed by atoms with Crippen LogP contribution in [0.2, 0.25) is 0 Å². The third-order valence-electron chi connectivity index (χ3n) is 1.56. The fraction of sp³-hybridized carbons (Fsp3) is 0.875. The summed E-state index contributed by atoms with van der Waals surface area (Å²) in [6.07, 6.45) is 0. The summed E-state index contributed by atoms with van der Waals surface area (Å²) in [5.74, 6) is 0.239. The lowest BCUT2D eigenvalue weighted by atomic mass is 9.99. The Morgan fingerprint density at radius 1 is 1.55 bits per heavy atom. The molecule has 0 aliphatic heterocycles. The normalized spacial score (nSPS) is 13.2. The first-order valence-corrected chi connectivity index (χ1v) is 4.98. The number of hydrogen-bond donors (Lipinski definition) is 0. The molecule has 2 nitrogen and oxygen atoms in total. The Bertz CT molecular complexity index is 123. The molecule has 0 bridgehead atoms. The molecule has 11 heavy (non-hydrogen) atoms. The molecule has 0 N–H and O–H groups in total. The van der Waals surface area contributed by atoms with Gasteiger partial charge in [0.15, 0.2) is 0 Å². The maximum absolute atomic E-state index is 11.2. The Balaban J connectivity index is 3.92. The number of rotatable bonds is 4. The highest BCUT2D eigenvalue weighted by Gasteiger charge is 2.21. The van der Waals surface area contributed by atoms with E-state index in [-0.39, 0.29) is 11.9 Å². The largest absolute Gasteiger partial charge is 0.466 e. The van der Waals surface area contributed by atoms with Crippen LogP contribution in [0.15, 0.2) is 0 Å². The maximum atomic E-state index is 11.2. The van der Waals surface area contributed by atoms with Gasteiger partial charge in [0.05, 0.1) is 12.5 Å². The highest BCUT2D eigenvalue weighted by atomic mass is 79.9. The molecule has 0 heterocycles. The van der Waals surface area contributed by atoms with Gasteiger partial charge in [-0.2, -0.15) is 0 Å². The molecular formula is C8H15BrO2. The monoisotopic (exact) mass is 222 g/mol. The molecule has 0 aromatic heterocycles. The first kappa shape index (κ1) is 11.0. The lowest BCUT2D eigenvalue weighted by Crippen LogP contribution is -2.23. The molecule has 3 heteroatoms. The van der Waals surface area contributed by atoms with Gasteiger partial charge in [-0.1, -0.05) is 29.8 Å². The predicted molar refractivity (Wildman–Crippen MR) is 48.8 cm³/mol. The van der Waals surface area contributed by atoms with Gasteiger partial charge in [-0.3, -0.25) is 4.79 Å². The highest BCUT2D eigenvalue weighted by molar-refractivity contribution is 9.09. The summed E-state index contributed by atoms with van der Waals surface area (Å²) in [5.41, 5.74) is 0. The van der Waals surface area contributed by atoms with Crippen LogP contribution < -0.4 is 0 Å². The predicted octanol–water partition coefficient (Wildman–Crippen LogP) is 2.22. The minimum atomic E-state index is -0.0978. The molecule has 66 valence electrons. The minimum Gasteiger partial charge on any atom is -0.466 e. The van der Waals surface area contributed by atoms with Crippen molar-refractivity contribution in [2.45, 2.75) is 20.8 Å². The number of carbonyl (C=O) groups excluding carboxylic acids is 1. The van der Waals surface area contributed by atoms with Crippen molar-refractivity contribution in [3.63, 3.8) is 0 Å². The van der Waals surface area contributed by atoms with Crippen LogP contribution >= 0.6 is 15.9 Å². The van der Waals surface area contributed by atoms with Gasteiger partial charge in [0.25, 0.3) is 0 Å². The Morgan fingerprint density at radius 3 is 2.36 bits per heavy atom. The molecular weight excluding hydrogens is 208 g/mol. The lowest BCUT2D eigenvalue weighted by Gasteiger charge is -2.15. The topological polar surface area (TPSA) is 26.3 Å². The van der Waals surface area contributed by atoms with Crippen LogP contribution in [0.3, 0.4) is 0 Å². The molecule has 1 atom stereocenters. The molecule has 0 aromatic carbocycles. The maximum Gasteiger partial charge on any atom is 0.310 e. The fourth-order valence-corrected chi connectivity index (χ4v) is 1.77. The quantitative estimate of drug-likeness (QED) is 0.539.